The third-order valence-electron chi connectivity index (χ3n) is 3.47. The van der Waals surface area contributed by atoms with Crippen LogP contribution in [-0.4, -0.2) is 25.7 Å². The molecule has 0 amide bonds. The maximum Gasteiger partial charge on any atom is 0.313 e. The Kier molecular flexibility index (Phi) is 2.28. The normalized spacial score (nSPS) is 37.5. The van der Waals surface area contributed by atoms with E-state index >= 15 is 0 Å². The molecular formula is C10H17NO2. The molecule has 2 atom stereocenters. The standard InChI is InChI=1S/C10H17NO2/c1-2-13-9(12)10-5-3-4-8(10)6-11-7-10/h8,11H,2-7H2,1H3. The van der Waals surface area contributed by atoms with Crippen LogP contribution in [0.1, 0.15) is 26.2 Å². The van der Waals surface area contributed by atoms with Crippen molar-refractivity contribution >= 4 is 5.97 Å². The van der Waals surface area contributed by atoms with Gasteiger partial charge in [0, 0.05) is 6.54 Å². The van der Waals surface area contributed by atoms with Crippen molar-refractivity contribution in [2.24, 2.45) is 11.3 Å². The first-order valence-electron chi connectivity index (χ1n) is 5.17. The summed E-state index contributed by atoms with van der Waals surface area (Å²) in [6.45, 7) is 4.21. The molecule has 1 saturated carbocycles. The van der Waals surface area contributed by atoms with Gasteiger partial charge in [-0.05, 0) is 32.2 Å². The highest BCUT2D eigenvalue weighted by Crippen LogP contribution is 2.46. The van der Waals surface area contributed by atoms with Crippen LogP contribution in [0.15, 0.2) is 0 Å². The monoisotopic (exact) mass is 183 g/mol. The Morgan fingerprint density at radius 1 is 1.69 bits per heavy atom. The summed E-state index contributed by atoms with van der Waals surface area (Å²) < 4.78 is 5.15. The van der Waals surface area contributed by atoms with Gasteiger partial charge in [-0.25, -0.2) is 0 Å². The van der Waals surface area contributed by atoms with Gasteiger partial charge in [-0.1, -0.05) is 6.42 Å². The average Bonchev–Trinajstić information content (AvgIpc) is 2.61. The Bertz CT molecular complexity index is 205. The molecule has 1 heterocycles. The van der Waals surface area contributed by atoms with Gasteiger partial charge < -0.3 is 10.1 Å². The van der Waals surface area contributed by atoms with E-state index in [1.807, 2.05) is 6.92 Å². The van der Waals surface area contributed by atoms with Crippen LogP contribution >= 0.6 is 0 Å². The molecule has 1 saturated heterocycles. The lowest BCUT2D eigenvalue weighted by molar-refractivity contribution is -0.155. The van der Waals surface area contributed by atoms with Gasteiger partial charge in [0.2, 0.25) is 0 Å². The van der Waals surface area contributed by atoms with Crippen molar-refractivity contribution in [2.45, 2.75) is 26.2 Å². The van der Waals surface area contributed by atoms with Crippen LogP contribution in [0, 0.1) is 11.3 Å². The van der Waals surface area contributed by atoms with Crippen molar-refractivity contribution < 1.29 is 9.53 Å². The second-order valence-corrected chi connectivity index (χ2v) is 4.10. The molecule has 13 heavy (non-hydrogen) atoms. The highest BCUT2D eigenvalue weighted by Gasteiger charge is 2.52. The van der Waals surface area contributed by atoms with E-state index < -0.39 is 0 Å². The van der Waals surface area contributed by atoms with Crippen molar-refractivity contribution in [1.82, 2.24) is 5.32 Å². The predicted molar refractivity (Wildman–Crippen MR) is 49.3 cm³/mol. The summed E-state index contributed by atoms with van der Waals surface area (Å²) in [7, 11) is 0. The number of carbonyl (C=O) groups is 1. The van der Waals surface area contributed by atoms with Crippen molar-refractivity contribution in [3.8, 4) is 0 Å². The Labute approximate surface area is 78.8 Å². The number of rotatable bonds is 2. The molecule has 3 nitrogen and oxygen atoms in total. The maximum atomic E-state index is 11.8. The molecular weight excluding hydrogens is 166 g/mol. The molecule has 74 valence electrons. The van der Waals surface area contributed by atoms with Crippen LogP contribution in [0.25, 0.3) is 0 Å². The Morgan fingerprint density at radius 2 is 2.54 bits per heavy atom. The van der Waals surface area contributed by atoms with Crippen molar-refractivity contribution in [3.05, 3.63) is 0 Å². The molecule has 2 rings (SSSR count). The highest BCUT2D eigenvalue weighted by atomic mass is 16.5. The summed E-state index contributed by atoms with van der Waals surface area (Å²) >= 11 is 0. The largest absolute Gasteiger partial charge is 0.466 e. The van der Waals surface area contributed by atoms with E-state index in [4.69, 9.17) is 4.74 Å². The summed E-state index contributed by atoms with van der Waals surface area (Å²) in [6, 6.07) is 0. The summed E-state index contributed by atoms with van der Waals surface area (Å²) in [4.78, 5) is 11.8. The first kappa shape index (κ1) is 9.00. The molecule has 0 aromatic carbocycles. The molecule has 0 radical (unpaired) electrons. The number of hydrogen-bond donors (Lipinski definition) is 1. The second-order valence-electron chi connectivity index (χ2n) is 4.10. The summed E-state index contributed by atoms with van der Waals surface area (Å²) in [5.74, 6) is 0.564. The Balaban J connectivity index is 2.12. The van der Waals surface area contributed by atoms with E-state index in [0.717, 1.165) is 19.5 Å². The fourth-order valence-corrected chi connectivity index (χ4v) is 2.76. The van der Waals surface area contributed by atoms with Crippen molar-refractivity contribution in [1.29, 1.82) is 0 Å². The first-order chi connectivity index (χ1) is 6.29. The zero-order chi connectivity index (χ0) is 9.31. The van der Waals surface area contributed by atoms with Crippen molar-refractivity contribution in [2.75, 3.05) is 19.7 Å². The van der Waals surface area contributed by atoms with Crippen LogP contribution in [0.3, 0.4) is 0 Å². The molecule has 2 unspecified atom stereocenters. The van der Waals surface area contributed by atoms with Crippen LogP contribution in [-0.2, 0) is 9.53 Å². The lowest BCUT2D eigenvalue weighted by atomic mass is 9.81. The minimum absolute atomic E-state index is 0.0301. The van der Waals surface area contributed by atoms with E-state index in [0.29, 0.717) is 12.5 Å². The third-order valence-corrected chi connectivity index (χ3v) is 3.47. The van der Waals surface area contributed by atoms with Gasteiger partial charge in [0.05, 0.1) is 12.0 Å². The van der Waals surface area contributed by atoms with E-state index in [9.17, 15) is 4.79 Å². The molecule has 3 heteroatoms. The molecule has 2 aliphatic rings. The third kappa shape index (κ3) is 1.26. The average molecular weight is 183 g/mol. The van der Waals surface area contributed by atoms with Crippen LogP contribution in [0.4, 0.5) is 0 Å². The Morgan fingerprint density at radius 3 is 3.31 bits per heavy atom. The van der Waals surface area contributed by atoms with E-state index in [2.05, 4.69) is 5.32 Å². The summed E-state index contributed by atoms with van der Waals surface area (Å²) in [5, 5.41) is 3.30. The second kappa shape index (κ2) is 3.29. The van der Waals surface area contributed by atoms with Gasteiger partial charge >= 0.3 is 5.97 Å². The highest BCUT2D eigenvalue weighted by molar-refractivity contribution is 5.78. The molecule has 1 aliphatic heterocycles. The smallest absolute Gasteiger partial charge is 0.313 e. The van der Waals surface area contributed by atoms with E-state index in [1.54, 1.807) is 0 Å². The first-order valence-corrected chi connectivity index (χ1v) is 5.17. The number of fused-ring (bicyclic) bond motifs is 1. The van der Waals surface area contributed by atoms with Gasteiger partial charge in [0.15, 0.2) is 0 Å². The predicted octanol–water partition coefficient (Wildman–Crippen LogP) is 0.939. The summed E-state index contributed by atoms with van der Waals surface area (Å²) in [6.07, 6.45) is 3.39. The zero-order valence-corrected chi connectivity index (χ0v) is 8.14. The van der Waals surface area contributed by atoms with Gasteiger partial charge in [-0.15, -0.1) is 0 Å². The minimum atomic E-state index is -0.157. The van der Waals surface area contributed by atoms with Crippen LogP contribution in [0.2, 0.25) is 0 Å². The topological polar surface area (TPSA) is 38.3 Å². The SMILES string of the molecule is CCOC(=O)C12CCCC1CNC2. The lowest BCUT2D eigenvalue weighted by Gasteiger charge is -2.25. The van der Waals surface area contributed by atoms with Crippen LogP contribution < -0.4 is 5.32 Å². The molecule has 1 aliphatic carbocycles. The maximum absolute atomic E-state index is 11.8. The number of esters is 1. The molecule has 0 aromatic rings. The summed E-state index contributed by atoms with van der Waals surface area (Å²) in [5.41, 5.74) is -0.157. The van der Waals surface area contributed by atoms with Gasteiger partial charge in [0.25, 0.3) is 0 Å². The fourth-order valence-electron chi connectivity index (χ4n) is 2.76. The van der Waals surface area contributed by atoms with Gasteiger partial charge in [-0.2, -0.15) is 0 Å². The Hall–Kier alpha value is -0.570. The minimum Gasteiger partial charge on any atom is -0.466 e. The number of hydrogen-bond acceptors (Lipinski definition) is 3. The quantitative estimate of drug-likeness (QED) is 0.647. The zero-order valence-electron chi connectivity index (χ0n) is 8.14. The van der Waals surface area contributed by atoms with E-state index in [-0.39, 0.29) is 11.4 Å². The number of carbonyl (C=O) groups excluding carboxylic acids is 1. The van der Waals surface area contributed by atoms with E-state index in [1.165, 1.54) is 12.8 Å². The molecule has 0 spiro atoms. The molecule has 2 fully saturated rings. The number of nitrogens with one attached hydrogen (secondary N) is 1. The van der Waals surface area contributed by atoms with Gasteiger partial charge in [0.1, 0.15) is 0 Å². The fraction of sp³-hybridized carbons (Fsp3) is 0.900. The van der Waals surface area contributed by atoms with Crippen LogP contribution in [0.5, 0.6) is 0 Å². The van der Waals surface area contributed by atoms with Gasteiger partial charge in [-0.3, -0.25) is 4.79 Å². The molecule has 1 N–H and O–H groups in total. The lowest BCUT2D eigenvalue weighted by Crippen LogP contribution is -2.36. The number of ether oxygens (including phenoxy) is 1. The van der Waals surface area contributed by atoms with Crippen molar-refractivity contribution in [3.63, 3.8) is 0 Å². The molecule has 0 aromatic heterocycles. The molecule has 0 bridgehead atoms.